The molecule has 0 saturated carbocycles. The summed E-state index contributed by atoms with van der Waals surface area (Å²) in [5, 5.41) is 10.8. The zero-order valence-electron chi connectivity index (χ0n) is 9.59. The second kappa shape index (κ2) is 5.58. The summed E-state index contributed by atoms with van der Waals surface area (Å²) in [5.41, 5.74) is 0.753. The standard InChI is InChI=1S/C13H8ClFN2O2/c14-12-5-4-9(6-13(12)17(18)19)8-16-11-3-1-2-10(15)7-11/h1-8H. The Balaban J connectivity index is 2.29. The van der Waals surface area contributed by atoms with E-state index in [1.165, 1.54) is 36.5 Å². The molecule has 0 N–H and O–H groups in total. The lowest BCUT2D eigenvalue weighted by molar-refractivity contribution is -0.384. The monoisotopic (exact) mass is 278 g/mol. The van der Waals surface area contributed by atoms with Crippen LogP contribution in [0.3, 0.4) is 0 Å². The molecule has 0 aromatic heterocycles. The lowest BCUT2D eigenvalue weighted by atomic mass is 10.2. The Hall–Kier alpha value is -2.27. The van der Waals surface area contributed by atoms with Crippen molar-refractivity contribution in [3.8, 4) is 0 Å². The molecule has 0 aliphatic rings. The molecule has 0 bridgehead atoms. The average Bonchev–Trinajstić information content (AvgIpc) is 2.37. The molecule has 4 nitrogen and oxygen atoms in total. The third-order valence-corrected chi connectivity index (χ3v) is 2.66. The molecular formula is C13H8ClFN2O2. The number of benzene rings is 2. The van der Waals surface area contributed by atoms with Gasteiger partial charge >= 0.3 is 0 Å². The van der Waals surface area contributed by atoms with E-state index in [2.05, 4.69) is 4.99 Å². The second-order valence-electron chi connectivity index (χ2n) is 3.71. The normalized spacial score (nSPS) is 10.8. The fourth-order valence-electron chi connectivity index (χ4n) is 1.46. The fraction of sp³-hybridized carbons (Fsp3) is 0. The first kappa shape index (κ1) is 13.2. The van der Waals surface area contributed by atoms with Crippen molar-refractivity contribution in [1.82, 2.24) is 0 Å². The van der Waals surface area contributed by atoms with Crippen molar-refractivity contribution in [2.24, 2.45) is 4.99 Å². The van der Waals surface area contributed by atoms with Gasteiger partial charge in [0.1, 0.15) is 10.8 Å². The number of nitro benzene ring substituents is 1. The zero-order chi connectivity index (χ0) is 13.8. The van der Waals surface area contributed by atoms with Crippen molar-refractivity contribution >= 4 is 29.2 Å². The molecule has 2 aromatic rings. The summed E-state index contributed by atoms with van der Waals surface area (Å²) in [5.74, 6) is -0.392. The van der Waals surface area contributed by atoms with E-state index in [-0.39, 0.29) is 10.7 Å². The number of hydrogen-bond donors (Lipinski definition) is 0. The lowest BCUT2D eigenvalue weighted by Crippen LogP contribution is -1.91. The molecule has 0 spiro atoms. The van der Waals surface area contributed by atoms with Crippen LogP contribution in [0.4, 0.5) is 15.8 Å². The maximum absolute atomic E-state index is 12.9. The summed E-state index contributed by atoms with van der Waals surface area (Å²) in [7, 11) is 0. The second-order valence-corrected chi connectivity index (χ2v) is 4.11. The van der Waals surface area contributed by atoms with Crippen molar-refractivity contribution < 1.29 is 9.31 Å². The fourth-order valence-corrected chi connectivity index (χ4v) is 1.64. The Morgan fingerprint density at radius 2 is 2.05 bits per heavy atom. The molecule has 0 amide bonds. The van der Waals surface area contributed by atoms with Crippen molar-refractivity contribution in [3.05, 3.63) is 69.0 Å². The van der Waals surface area contributed by atoms with E-state index >= 15 is 0 Å². The lowest BCUT2D eigenvalue weighted by Gasteiger charge is -1.97. The number of nitro groups is 1. The molecule has 0 fully saturated rings. The molecule has 0 aliphatic carbocycles. The van der Waals surface area contributed by atoms with E-state index in [0.29, 0.717) is 11.3 Å². The minimum Gasteiger partial charge on any atom is -0.258 e. The highest BCUT2D eigenvalue weighted by molar-refractivity contribution is 6.32. The maximum atomic E-state index is 12.9. The van der Waals surface area contributed by atoms with Crippen LogP contribution in [0.2, 0.25) is 5.02 Å². The van der Waals surface area contributed by atoms with Crippen molar-refractivity contribution in [3.63, 3.8) is 0 Å². The summed E-state index contributed by atoms with van der Waals surface area (Å²) in [6.45, 7) is 0. The molecule has 6 heteroatoms. The molecule has 19 heavy (non-hydrogen) atoms. The van der Waals surface area contributed by atoms with Crippen LogP contribution in [0.1, 0.15) is 5.56 Å². The average molecular weight is 279 g/mol. The van der Waals surface area contributed by atoms with Gasteiger partial charge in [-0.1, -0.05) is 23.7 Å². The Morgan fingerprint density at radius 1 is 1.26 bits per heavy atom. The topological polar surface area (TPSA) is 55.5 Å². The van der Waals surface area contributed by atoms with E-state index < -0.39 is 10.7 Å². The van der Waals surface area contributed by atoms with Gasteiger partial charge in [-0.3, -0.25) is 15.1 Å². The SMILES string of the molecule is O=[N+]([O-])c1cc(C=Nc2cccc(F)c2)ccc1Cl. The van der Waals surface area contributed by atoms with Gasteiger partial charge in [-0.15, -0.1) is 0 Å². The smallest absolute Gasteiger partial charge is 0.258 e. The molecule has 0 saturated heterocycles. The van der Waals surface area contributed by atoms with Crippen LogP contribution in [-0.4, -0.2) is 11.1 Å². The molecule has 96 valence electrons. The van der Waals surface area contributed by atoms with Gasteiger partial charge in [-0.05, 0) is 29.8 Å². The quantitative estimate of drug-likeness (QED) is 0.481. The maximum Gasteiger partial charge on any atom is 0.288 e. The predicted octanol–water partition coefficient (Wildman–Crippen LogP) is 4.14. The van der Waals surface area contributed by atoms with Gasteiger partial charge in [0, 0.05) is 12.3 Å². The Bertz CT molecular complexity index is 659. The van der Waals surface area contributed by atoms with Gasteiger partial charge in [0.05, 0.1) is 10.6 Å². The highest BCUT2D eigenvalue weighted by Gasteiger charge is 2.11. The van der Waals surface area contributed by atoms with Crippen LogP contribution < -0.4 is 0 Å². The summed E-state index contributed by atoms with van der Waals surface area (Å²) in [4.78, 5) is 14.2. The molecule has 2 rings (SSSR count). The highest BCUT2D eigenvalue weighted by Crippen LogP contribution is 2.24. The predicted molar refractivity (Wildman–Crippen MR) is 71.8 cm³/mol. The number of aliphatic imine (C=N–C) groups is 1. The summed E-state index contributed by atoms with van der Waals surface area (Å²) >= 11 is 5.69. The Morgan fingerprint density at radius 3 is 2.74 bits per heavy atom. The molecule has 0 radical (unpaired) electrons. The summed E-state index contributed by atoms with van der Waals surface area (Å²) < 4.78 is 12.9. The van der Waals surface area contributed by atoms with Gasteiger partial charge in [-0.25, -0.2) is 4.39 Å². The zero-order valence-corrected chi connectivity index (χ0v) is 10.3. The van der Waals surface area contributed by atoms with Crippen molar-refractivity contribution in [2.75, 3.05) is 0 Å². The van der Waals surface area contributed by atoms with E-state index in [0.717, 1.165) is 0 Å². The third kappa shape index (κ3) is 3.35. The summed E-state index contributed by atoms with van der Waals surface area (Å²) in [6.07, 6.45) is 1.41. The van der Waals surface area contributed by atoms with Gasteiger partial charge in [0.25, 0.3) is 5.69 Å². The third-order valence-electron chi connectivity index (χ3n) is 2.34. The van der Waals surface area contributed by atoms with Crippen LogP contribution >= 0.6 is 11.6 Å². The molecule has 0 atom stereocenters. The van der Waals surface area contributed by atoms with E-state index in [1.807, 2.05) is 0 Å². The minimum absolute atomic E-state index is 0.0629. The molecule has 0 aliphatic heterocycles. The van der Waals surface area contributed by atoms with Crippen LogP contribution in [0.5, 0.6) is 0 Å². The minimum atomic E-state index is -0.568. The van der Waals surface area contributed by atoms with Gasteiger partial charge < -0.3 is 0 Å². The van der Waals surface area contributed by atoms with E-state index in [1.54, 1.807) is 12.1 Å². The van der Waals surface area contributed by atoms with E-state index in [9.17, 15) is 14.5 Å². The van der Waals surface area contributed by atoms with Crippen LogP contribution in [-0.2, 0) is 0 Å². The number of hydrogen-bond acceptors (Lipinski definition) is 3. The van der Waals surface area contributed by atoms with Gasteiger partial charge in [0.15, 0.2) is 0 Å². The van der Waals surface area contributed by atoms with Crippen molar-refractivity contribution in [1.29, 1.82) is 0 Å². The largest absolute Gasteiger partial charge is 0.288 e. The first-order chi connectivity index (χ1) is 9.06. The number of nitrogens with zero attached hydrogens (tertiary/aromatic N) is 2. The molecule has 0 unspecified atom stereocenters. The molecule has 0 heterocycles. The van der Waals surface area contributed by atoms with E-state index in [4.69, 9.17) is 11.6 Å². The van der Waals surface area contributed by atoms with Crippen molar-refractivity contribution in [2.45, 2.75) is 0 Å². The first-order valence-electron chi connectivity index (χ1n) is 5.30. The number of rotatable bonds is 3. The van der Waals surface area contributed by atoms with Crippen LogP contribution in [0, 0.1) is 15.9 Å². The van der Waals surface area contributed by atoms with Gasteiger partial charge in [0.2, 0.25) is 0 Å². The molecule has 2 aromatic carbocycles. The van der Waals surface area contributed by atoms with Gasteiger partial charge in [-0.2, -0.15) is 0 Å². The van der Waals surface area contributed by atoms with Crippen LogP contribution in [0.25, 0.3) is 0 Å². The molecular weight excluding hydrogens is 271 g/mol. The Labute approximate surface area is 113 Å². The number of halogens is 2. The highest BCUT2D eigenvalue weighted by atomic mass is 35.5. The summed E-state index contributed by atoms with van der Waals surface area (Å²) in [6, 6.07) is 10.1. The Kier molecular flexibility index (Phi) is 3.87. The van der Waals surface area contributed by atoms with Crippen LogP contribution in [0.15, 0.2) is 47.5 Å². The first-order valence-corrected chi connectivity index (χ1v) is 5.67.